The van der Waals surface area contributed by atoms with Crippen LogP contribution in [0.15, 0.2) is 71.7 Å². The molecule has 2 aromatic carbocycles. The van der Waals surface area contributed by atoms with Crippen LogP contribution < -0.4 is 0 Å². The summed E-state index contributed by atoms with van der Waals surface area (Å²) < 4.78 is 2.86. The maximum absolute atomic E-state index is 5.70. The molecule has 0 fully saturated rings. The van der Waals surface area contributed by atoms with Crippen LogP contribution in [0.3, 0.4) is 0 Å². The second-order valence-electron chi connectivity index (χ2n) is 4.95. The molecule has 0 radical (unpaired) electrons. The van der Waals surface area contributed by atoms with E-state index in [4.69, 9.17) is 6.42 Å². The first-order chi connectivity index (χ1) is 10.8. The van der Waals surface area contributed by atoms with E-state index in [1.54, 1.807) is 6.33 Å². The molecule has 3 nitrogen and oxygen atoms in total. The number of nitrogens with zero attached hydrogens (tertiary/aromatic N) is 3. The standard InChI is InChI=1S/C18H14BrN3/c1-2-12-18(22-14-20-13-21-22,15-6-4-3-5-7-15)16-8-10-17(19)11-9-16/h1,3-11,13-14H,12H2. The molecular weight excluding hydrogens is 338 g/mol. The Morgan fingerprint density at radius 1 is 1.05 bits per heavy atom. The average Bonchev–Trinajstić information content (AvgIpc) is 3.09. The number of benzene rings is 2. The first-order valence-electron chi connectivity index (χ1n) is 6.87. The highest BCUT2D eigenvalue weighted by Gasteiger charge is 2.36. The fourth-order valence-electron chi connectivity index (χ4n) is 2.71. The SMILES string of the molecule is C#CCC(c1ccccc1)(c1ccc(Br)cc1)n1cncn1. The lowest BCUT2D eigenvalue weighted by Crippen LogP contribution is -2.36. The summed E-state index contributed by atoms with van der Waals surface area (Å²) in [4.78, 5) is 4.11. The molecule has 0 amide bonds. The van der Waals surface area contributed by atoms with E-state index in [1.165, 1.54) is 6.33 Å². The molecule has 0 aliphatic rings. The molecule has 22 heavy (non-hydrogen) atoms. The third kappa shape index (κ3) is 2.44. The van der Waals surface area contributed by atoms with Crippen LogP contribution in [0.1, 0.15) is 17.5 Å². The Morgan fingerprint density at radius 3 is 2.32 bits per heavy atom. The quantitative estimate of drug-likeness (QED) is 0.668. The topological polar surface area (TPSA) is 30.7 Å². The normalized spacial score (nSPS) is 13.3. The van der Waals surface area contributed by atoms with Crippen molar-refractivity contribution in [3.8, 4) is 12.3 Å². The first-order valence-corrected chi connectivity index (χ1v) is 7.67. The first kappa shape index (κ1) is 14.6. The molecule has 1 unspecified atom stereocenters. The minimum atomic E-state index is -0.562. The Balaban J connectivity index is 2.29. The van der Waals surface area contributed by atoms with Gasteiger partial charge in [0, 0.05) is 10.9 Å². The molecule has 0 aliphatic heterocycles. The van der Waals surface area contributed by atoms with Gasteiger partial charge < -0.3 is 0 Å². The highest BCUT2D eigenvalue weighted by atomic mass is 79.9. The van der Waals surface area contributed by atoms with Crippen LogP contribution in [0.4, 0.5) is 0 Å². The highest BCUT2D eigenvalue weighted by Crippen LogP contribution is 2.36. The van der Waals surface area contributed by atoms with E-state index in [2.05, 4.69) is 56.2 Å². The molecule has 3 aromatic rings. The molecule has 0 aliphatic carbocycles. The van der Waals surface area contributed by atoms with E-state index < -0.39 is 5.54 Å². The molecule has 3 rings (SSSR count). The highest BCUT2D eigenvalue weighted by molar-refractivity contribution is 9.10. The fourth-order valence-corrected chi connectivity index (χ4v) is 2.97. The Hall–Kier alpha value is -2.38. The molecule has 0 saturated carbocycles. The monoisotopic (exact) mass is 351 g/mol. The summed E-state index contributed by atoms with van der Waals surface area (Å²) in [5.41, 5.74) is 1.60. The number of halogens is 1. The molecule has 1 aromatic heterocycles. The van der Waals surface area contributed by atoms with Crippen LogP contribution in [0.25, 0.3) is 0 Å². The van der Waals surface area contributed by atoms with Crippen molar-refractivity contribution in [1.29, 1.82) is 0 Å². The molecule has 1 heterocycles. The van der Waals surface area contributed by atoms with Gasteiger partial charge in [-0.05, 0) is 23.3 Å². The number of hydrogen-bond acceptors (Lipinski definition) is 2. The summed E-state index contributed by atoms with van der Waals surface area (Å²) in [6.45, 7) is 0. The second-order valence-corrected chi connectivity index (χ2v) is 5.87. The van der Waals surface area contributed by atoms with Gasteiger partial charge in [-0.2, -0.15) is 5.10 Å². The Morgan fingerprint density at radius 2 is 1.73 bits per heavy atom. The van der Waals surface area contributed by atoms with Gasteiger partial charge in [0.1, 0.15) is 18.2 Å². The van der Waals surface area contributed by atoms with E-state index in [0.717, 1.165) is 15.6 Å². The summed E-state index contributed by atoms with van der Waals surface area (Å²) in [5.74, 6) is 2.81. The van der Waals surface area contributed by atoms with Gasteiger partial charge in [-0.3, -0.25) is 0 Å². The molecule has 0 spiro atoms. The lowest BCUT2D eigenvalue weighted by atomic mass is 9.80. The van der Waals surface area contributed by atoms with Crippen LogP contribution in [0.2, 0.25) is 0 Å². The van der Waals surface area contributed by atoms with E-state index in [-0.39, 0.29) is 0 Å². The van der Waals surface area contributed by atoms with Crippen LogP contribution >= 0.6 is 15.9 Å². The molecular formula is C18H14BrN3. The number of terminal acetylenes is 1. The largest absolute Gasteiger partial charge is 0.237 e. The van der Waals surface area contributed by atoms with Crippen molar-refractivity contribution >= 4 is 15.9 Å². The number of aromatic nitrogens is 3. The lowest BCUT2D eigenvalue weighted by Gasteiger charge is -2.33. The zero-order chi connectivity index (χ0) is 15.4. The second kappa shape index (κ2) is 6.17. The Kier molecular flexibility index (Phi) is 4.08. The molecule has 108 valence electrons. The number of rotatable bonds is 4. The van der Waals surface area contributed by atoms with Gasteiger partial charge in [-0.15, -0.1) is 12.3 Å². The molecule has 0 N–H and O–H groups in total. The minimum absolute atomic E-state index is 0.488. The van der Waals surface area contributed by atoms with Crippen molar-refractivity contribution in [2.75, 3.05) is 0 Å². The van der Waals surface area contributed by atoms with Crippen LogP contribution in [-0.2, 0) is 5.54 Å². The van der Waals surface area contributed by atoms with Gasteiger partial charge in [0.05, 0.1) is 0 Å². The predicted octanol–water partition coefficient (Wildman–Crippen LogP) is 3.86. The maximum Gasteiger partial charge on any atom is 0.137 e. The third-order valence-corrected chi connectivity index (χ3v) is 4.27. The average molecular weight is 352 g/mol. The van der Waals surface area contributed by atoms with E-state index >= 15 is 0 Å². The summed E-state index contributed by atoms with van der Waals surface area (Å²) in [7, 11) is 0. The Labute approximate surface area is 138 Å². The van der Waals surface area contributed by atoms with E-state index in [9.17, 15) is 0 Å². The van der Waals surface area contributed by atoms with Crippen molar-refractivity contribution in [2.45, 2.75) is 12.0 Å². The minimum Gasteiger partial charge on any atom is -0.237 e. The van der Waals surface area contributed by atoms with Crippen molar-refractivity contribution in [2.24, 2.45) is 0 Å². The van der Waals surface area contributed by atoms with Crippen molar-refractivity contribution in [3.05, 3.63) is 82.9 Å². The Bertz CT molecular complexity index is 773. The predicted molar refractivity (Wildman–Crippen MR) is 90.2 cm³/mol. The van der Waals surface area contributed by atoms with Gasteiger partial charge in [0.2, 0.25) is 0 Å². The molecule has 0 bridgehead atoms. The smallest absolute Gasteiger partial charge is 0.137 e. The van der Waals surface area contributed by atoms with Gasteiger partial charge in [-0.25, -0.2) is 9.67 Å². The number of hydrogen-bond donors (Lipinski definition) is 0. The van der Waals surface area contributed by atoms with Crippen molar-refractivity contribution < 1.29 is 0 Å². The zero-order valence-electron chi connectivity index (χ0n) is 11.9. The fraction of sp³-hybridized carbons (Fsp3) is 0.111. The summed E-state index contributed by atoms with van der Waals surface area (Å²) >= 11 is 3.48. The summed E-state index contributed by atoms with van der Waals surface area (Å²) in [6.07, 6.45) is 9.44. The lowest BCUT2D eigenvalue weighted by molar-refractivity contribution is 0.395. The van der Waals surface area contributed by atoms with Crippen molar-refractivity contribution in [3.63, 3.8) is 0 Å². The summed E-state index contributed by atoms with van der Waals surface area (Å²) in [5, 5.41) is 4.38. The van der Waals surface area contributed by atoms with Crippen LogP contribution in [0.5, 0.6) is 0 Å². The maximum atomic E-state index is 5.70. The van der Waals surface area contributed by atoms with Crippen LogP contribution in [-0.4, -0.2) is 14.8 Å². The van der Waals surface area contributed by atoms with Gasteiger partial charge in [0.15, 0.2) is 0 Å². The van der Waals surface area contributed by atoms with Crippen LogP contribution in [0, 0.1) is 12.3 Å². The molecule has 0 saturated heterocycles. The van der Waals surface area contributed by atoms with Gasteiger partial charge in [-0.1, -0.05) is 58.4 Å². The molecule has 1 atom stereocenters. The molecule has 4 heteroatoms. The zero-order valence-corrected chi connectivity index (χ0v) is 13.4. The van der Waals surface area contributed by atoms with E-state index in [0.29, 0.717) is 6.42 Å². The van der Waals surface area contributed by atoms with E-state index in [1.807, 2.05) is 35.0 Å². The van der Waals surface area contributed by atoms with Crippen molar-refractivity contribution in [1.82, 2.24) is 14.8 Å². The summed E-state index contributed by atoms with van der Waals surface area (Å²) in [6, 6.07) is 18.3. The third-order valence-electron chi connectivity index (χ3n) is 3.74. The van der Waals surface area contributed by atoms with Gasteiger partial charge >= 0.3 is 0 Å². The van der Waals surface area contributed by atoms with Gasteiger partial charge in [0.25, 0.3) is 0 Å².